The molecular weight excluding hydrogens is 685 g/mol. The summed E-state index contributed by atoms with van der Waals surface area (Å²) in [5, 5.41) is 8.13. The predicted octanol–water partition coefficient (Wildman–Crippen LogP) is 14.7. The Morgan fingerprint density at radius 3 is 1.91 bits per heavy atom. The third-order valence-corrected chi connectivity index (χ3v) is 11.2. The highest BCUT2D eigenvalue weighted by Crippen LogP contribution is 2.45. The van der Waals surface area contributed by atoms with Crippen molar-refractivity contribution < 1.29 is 8.83 Å². The van der Waals surface area contributed by atoms with Crippen LogP contribution in [0.3, 0.4) is 0 Å². The van der Waals surface area contributed by atoms with E-state index in [1.54, 1.807) is 0 Å². The van der Waals surface area contributed by atoms with Gasteiger partial charge in [0.25, 0.3) is 0 Å². The van der Waals surface area contributed by atoms with Crippen molar-refractivity contribution in [1.82, 2.24) is 4.57 Å². The van der Waals surface area contributed by atoms with Crippen LogP contribution in [0.2, 0.25) is 0 Å². The van der Waals surface area contributed by atoms with Gasteiger partial charge in [-0.1, -0.05) is 121 Å². The molecule has 266 valence electrons. The van der Waals surface area contributed by atoms with Crippen LogP contribution >= 0.6 is 0 Å². The van der Waals surface area contributed by atoms with E-state index in [-0.39, 0.29) is 0 Å². The van der Waals surface area contributed by atoms with Crippen molar-refractivity contribution in [2.75, 3.05) is 4.90 Å². The summed E-state index contributed by atoms with van der Waals surface area (Å²) in [6, 6.07) is 62.7. The average molecular weight is 721 g/mol. The molecule has 8 aromatic carbocycles. The van der Waals surface area contributed by atoms with Gasteiger partial charge in [-0.3, -0.25) is 0 Å². The number of para-hydroxylation sites is 6. The number of aromatic nitrogens is 1. The summed E-state index contributed by atoms with van der Waals surface area (Å²) in [4.78, 5) is 2.42. The van der Waals surface area contributed by atoms with Gasteiger partial charge < -0.3 is 18.3 Å². The zero-order chi connectivity index (χ0) is 37.2. The van der Waals surface area contributed by atoms with Crippen molar-refractivity contribution in [2.45, 2.75) is 13.3 Å². The van der Waals surface area contributed by atoms with Gasteiger partial charge in [-0.15, -0.1) is 0 Å². The molecule has 0 aliphatic carbocycles. The first-order chi connectivity index (χ1) is 27.7. The number of anilines is 3. The maximum absolute atomic E-state index is 6.80. The minimum absolute atomic E-state index is 0.603. The van der Waals surface area contributed by atoms with Gasteiger partial charge in [0.2, 0.25) is 0 Å². The van der Waals surface area contributed by atoms with Crippen LogP contribution in [0, 0.1) is 0 Å². The third-order valence-electron chi connectivity index (χ3n) is 11.2. The zero-order valence-corrected chi connectivity index (χ0v) is 30.8. The number of benzene rings is 8. The fraction of sp³-hybridized carbons (Fsp3) is 0.0385. The molecular formula is C52H36N2O2. The van der Waals surface area contributed by atoms with Crippen LogP contribution in [0.4, 0.5) is 17.1 Å². The molecule has 3 heterocycles. The molecule has 0 saturated carbocycles. The number of allylic oxidation sites excluding steroid dienone is 1. The molecule has 0 aliphatic rings. The monoisotopic (exact) mass is 720 g/mol. The van der Waals surface area contributed by atoms with E-state index in [1.807, 2.05) is 12.1 Å². The summed E-state index contributed by atoms with van der Waals surface area (Å²) in [5.41, 5.74) is 11.5. The van der Waals surface area contributed by atoms with Crippen LogP contribution in [0.1, 0.15) is 23.8 Å². The van der Waals surface area contributed by atoms with E-state index >= 15 is 0 Å². The molecule has 0 fully saturated rings. The number of hydrogen-bond donors (Lipinski definition) is 0. The fourth-order valence-electron chi connectivity index (χ4n) is 8.67. The van der Waals surface area contributed by atoms with Gasteiger partial charge in [0.1, 0.15) is 22.5 Å². The van der Waals surface area contributed by atoms with Crippen LogP contribution in [-0.4, -0.2) is 4.57 Å². The molecule has 0 amide bonds. The van der Waals surface area contributed by atoms with Crippen molar-refractivity contribution in [3.05, 3.63) is 199 Å². The van der Waals surface area contributed by atoms with Crippen LogP contribution in [0.5, 0.6) is 0 Å². The molecule has 0 radical (unpaired) electrons. The number of fused-ring (bicyclic) bond motifs is 8. The highest BCUT2D eigenvalue weighted by atomic mass is 16.3. The van der Waals surface area contributed by atoms with Crippen molar-refractivity contribution >= 4 is 88.6 Å². The van der Waals surface area contributed by atoms with E-state index in [0.29, 0.717) is 6.42 Å². The van der Waals surface area contributed by atoms with E-state index in [0.717, 1.165) is 83.6 Å². The Bertz CT molecular complexity index is 3270. The second-order valence-electron chi connectivity index (χ2n) is 14.4. The number of hydrogen-bond acceptors (Lipinski definition) is 3. The predicted molar refractivity (Wildman–Crippen MR) is 234 cm³/mol. The van der Waals surface area contributed by atoms with E-state index < -0.39 is 0 Å². The van der Waals surface area contributed by atoms with Crippen molar-refractivity contribution in [3.63, 3.8) is 0 Å². The normalized spacial score (nSPS) is 12.0. The topological polar surface area (TPSA) is 34.5 Å². The minimum atomic E-state index is 0.603. The smallest absolute Gasteiger partial charge is 0.135 e. The van der Waals surface area contributed by atoms with E-state index in [4.69, 9.17) is 8.83 Å². The maximum atomic E-state index is 6.80. The van der Waals surface area contributed by atoms with Crippen molar-refractivity contribution in [1.29, 1.82) is 0 Å². The SMILES string of the molecule is C/C=C\c1c(Cc2ccccc2N(c2ccc3oc4ccccc4c3c2)c2ccccc2-n2c3ccccc3c3ccccc32)oc2cc3ccccc3cc12. The first-order valence-electron chi connectivity index (χ1n) is 19.2. The van der Waals surface area contributed by atoms with Crippen LogP contribution in [0.15, 0.2) is 191 Å². The summed E-state index contributed by atoms with van der Waals surface area (Å²) in [6.45, 7) is 2.07. The second kappa shape index (κ2) is 12.9. The minimum Gasteiger partial charge on any atom is -0.460 e. The average Bonchev–Trinajstić information content (AvgIpc) is 3.90. The lowest BCUT2D eigenvalue weighted by molar-refractivity contribution is 0.562. The Hall–Kier alpha value is -7.30. The summed E-state index contributed by atoms with van der Waals surface area (Å²) in [5.74, 6) is 0.938. The van der Waals surface area contributed by atoms with E-state index in [2.05, 4.69) is 192 Å². The molecule has 4 nitrogen and oxygen atoms in total. The molecule has 11 aromatic rings. The highest BCUT2D eigenvalue weighted by molar-refractivity contribution is 6.10. The van der Waals surface area contributed by atoms with Gasteiger partial charge in [-0.05, 0) is 90.0 Å². The van der Waals surface area contributed by atoms with Gasteiger partial charge in [0.15, 0.2) is 0 Å². The zero-order valence-electron chi connectivity index (χ0n) is 30.8. The summed E-state index contributed by atoms with van der Waals surface area (Å²) >= 11 is 0. The first-order valence-corrected chi connectivity index (χ1v) is 19.2. The maximum Gasteiger partial charge on any atom is 0.135 e. The summed E-state index contributed by atoms with van der Waals surface area (Å²) < 4.78 is 15.5. The van der Waals surface area contributed by atoms with E-state index in [1.165, 1.54) is 21.5 Å². The summed E-state index contributed by atoms with van der Waals surface area (Å²) in [6.07, 6.45) is 4.89. The number of furan rings is 2. The van der Waals surface area contributed by atoms with Crippen LogP contribution < -0.4 is 4.90 Å². The molecule has 0 saturated heterocycles. The molecule has 0 spiro atoms. The molecule has 0 bridgehead atoms. The number of nitrogens with zero attached hydrogens (tertiary/aromatic N) is 2. The van der Waals surface area contributed by atoms with Crippen LogP contribution in [0.25, 0.3) is 77.2 Å². The quantitative estimate of drug-likeness (QED) is 0.164. The Labute approximate surface area is 323 Å². The van der Waals surface area contributed by atoms with Gasteiger partial charge in [0, 0.05) is 50.3 Å². The van der Waals surface area contributed by atoms with Gasteiger partial charge >= 0.3 is 0 Å². The lowest BCUT2D eigenvalue weighted by Gasteiger charge is -2.30. The Morgan fingerprint density at radius 1 is 0.500 bits per heavy atom. The Balaban J connectivity index is 1.16. The lowest BCUT2D eigenvalue weighted by Crippen LogP contribution is -2.15. The van der Waals surface area contributed by atoms with E-state index in [9.17, 15) is 0 Å². The standard InChI is InChI=1S/C52H36N2O2/c1-2-15-40-42-30-34-16-3-4-17-35(34)31-52(42)56-51(40)32-36-18-5-9-22-44(36)53(37-28-29-50-43(33-37)41-21-8-14-27-49(41)55-50)47-25-12-13-26-48(47)54-45-23-10-6-19-38(45)39-20-7-11-24-46(39)54/h2-31,33H,32H2,1H3/b15-2-. The molecule has 0 unspecified atom stereocenters. The van der Waals surface area contributed by atoms with Crippen molar-refractivity contribution in [3.8, 4) is 5.69 Å². The van der Waals surface area contributed by atoms with Gasteiger partial charge in [-0.25, -0.2) is 0 Å². The molecule has 0 atom stereocenters. The molecule has 4 heteroatoms. The lowest BCUT2D eigenvalue weighted by atomic mass is 10.00. The van der Waals surface area contributed by atoms with Crippen molar-refractivity contribution in [2.24, 2.45) is 0 Å². The largest absolute Gasteiger partial charge is 0.460 e. The highest BCUT2D eigenvalue weighted by Gasteiger charge is 2.24. The molecule has 3 aromatic heterocycles. The molecule has 56 heavy (non-hydrogen) atoms. The molecule has 11 rings (SSSR count). The Kier molecular flexibility index (Phi) is 7.42. The molecule has 0 N–H and O–H groups in total. The van der Waals surface area contributed by atoms with Crippen LogP contribution in [-0.2, 0) is 6.42 Å². The Morgan fingerprint density at radius 2 is 1.12 bits per heavy atom. The molecule has 0 aliphatic heterocycles. The fourth-order valence-corrected chi connectivity index (χ4v) is 8.67. The summed E-state index contributed by atoms with van der Waals surface area (Å²) in [7, 11) is 0. The number of rotatable bonds is 7. The second-order valence-corrected chi connectivity index (χ2v) is 14.4. The van der Waals surface area contributed by atoms with Gasteiger partial charge in [0.05, 0.1) is 22.4 Å². The first kappa shape index (κ1) is 32.2. The van der Waals surface area contributed by atoms with Gasteiger partial charge in [-0.2, -0.15) is 0 Å². The third kappa shape index (κ3) is 5.07.